The number of nitrogens with one attached hydrogen (secondary N) is 1. The van der Waals surface area contributed by atoms with E-state index in [0.29, 0.717) is 23.3 Å². The van der Waals surface area contributed by atoms with E-state index in [-0.39, 0.29) is 29.2 Å². The molecule has 0 heterocycles. The Kier molecular flexibility index (Phi) is 5.42. The zero-order valence-electron chi connectivity index (χ0n) is 17.4. The number of benzene rings is 1. The van der Waals surface area contributed by atoms with E-state index in [4.69, 9.17) is 9.47 Å². The lowest BCUT2D eigenvalue weighted by Crippen LogP contribution is -2.56. The molecule has 4 fully saturated rings. The number of nitro benzene ring substituents is 1. The molecule has 4 bridgehead atoms. The van der Waals surface area contributed by atoms with Crippen LogP contribution in [0.5, 0.6) is 5.75 Å². The largest absolute Gasteiger partial charge is 0.490 e. The average Bonchev–Trinajstić information content (AvgIpc) is 2.71. The maximum absolute atomic E-state index is 13.3. The van der Waals surface area contributed by atoms with Gasteiger partial charge in [0.25, 0.3) is 0 Å². The Balaban J connectivity index is 1.53. The molecule has 0 radical (unpaired) electrons. The average molecular weight is 416 g/mol. The van der Waals surface area contributed by atoms with Crippen molar-refractivity contribution in [2.75, 3.05) is 14.2 Å². The summed E-state index contributed by atoms with van der Waals surface area (Å²) < 4.78 is 9.95. The molecule has 4 aliphatic carbocycles. The molecule has 4 aliphatic rings. The molecule has 1 aromatic carbocycles. The van der Waals surface area contributed by atoms with Gasteiger partial charge in [0.15, 0.2) is 5.75 Å². The third-order valence-corrected chi connectivity index (χ3v) is 7.19. The second-order valence-electron chi connectivity index (χ2n) is 9.21. The summed E-state index contributed by atoms with van der Waals surface area (Å²) in [5.74, 6) is 1.37. The molecule has 0 aliphatic heterocycles. The van der Waals surface area contributed by atoms with E-state index >= 15 is 0 Å². The van der Waals surface area contributed by atoms with Crippen molar-refractivity contribution in [1.29, 1.82) is 0 Å². The maximum Gasteiger partial charge on any atom is 0.328 e. The summed E-state index contributed by atoms with van der Waals surface area (Å²) in [6.07, 6.45) is 6.48. The summed E-state index contributed by atoms with van der Waals surface area (Å²) in [5.41, 5.74) is 0.00200. The predicted octanol–water partition coefficient (Wildman–Crippen LogP) is 3.02. The van der Waals surface area contributed by atoms with Crippen molar-refractivity contribution in [2.24, 2.45) is 23.2 Å². The highest BCUT2D eigenvalue weighted by Gasteiger charge is 2.55. The third-order valence-electron chi connectivity index (χ3n) is 7.19. The van der Waals surface area contributed by atoms with Gasteiger partial charge >= 0.3 is 11.7 Å². The van der Waals surface area contributed by atoms with Crippen molar-refractivity contribution in [3.63, 3.8) is 0 Å². The number of nitrogens with zero attached hydrogens (tertiary/aromatic N) is 1. The second-order valence-corrected chi connectivity index (χ2v) is 9.21. The normalized spacial score (nSPS) is 29.9. The van der Waals surface area contributed by atoms with Crippen molar-refractivity contribution in [3.8, 4) is 5.75 Å². The Hall–Kier alpha value is -2.64. The van der Waals surface area contributed by atoms with Gasteiger partial charge in [-0.05, 0) is 67.9 Å². The van der Waals surface area contributed by atoms with Crippen molar-refractivity contribution in [2.45, 2.75) is 51.0 Å². The number of carbonyl (C=O) groups excluding carboxylic acids is 2. The Labute approximate surface area is 175 Å². The van der Waals surface area contributed by atoms with Crippen molar-refractivity contribution in [1.82, 2.24) is 5.32 Å². The molecule has 0 aromatic heterocycles. The van der Waals surface area contributed by atoms with Gasteiger partial charge < -0.3 is 14.8 Å². The molecule has 4 saturated carbocycles. The van der Waals surface area contributed by atoms with Crippen LogP contribution in [0.1, 0.15) is 44.1 Å². The Bertz CT molecular complexity index is 832. The monoisotopic (exact) mass is 416 g/mol. The highest BCUT2D eigenvalue weighted by molar-refractivity contribution is 5.88. The fraction of sp³-hybridized carbons (Fsp3) is 0.636. The first kappa shape index (κ1) is 20.6. The number of carbonyl (C=O) groups is 2. The molecule has 5 rings (SSSR count). The number of amides is 1. The van der Waals surface area contributed by atoms with Gasteiger partial charge in [-0.3, -0.25) is 14.9 Å². The molecule has 30 heavy (non-hydrogen) atoms. The van der Waals surface area contributed by atoms with E-state index in [9.17, 15) is 19.7 Å². The summed E-state index contributed by atoms with van der Waals surface area (Å²) in [6.45, 7) is 0. The summed E-state index contributed by atoms with van der Waals surface area (Å²) in [7, 11) is 2.65. The fourth-order valence-corrected chi connectivity index (χ4v) is 6.28. The topological polar surface area (TPSA) is 108 Å². The van der Waals surface area contributed by atoms with Crippen LogP contribution in [-0.2, 0) is 20.7 Å². The molecule has 8 nitrogen and oxygen atoms in total. The molecule has 1 aromatic rings. The third kappa shape index (κ3) is 3.75. The lowest BCUT2D eigenvalue weighted by molar-refractivity contribution is -0.385. The van der Waals surface area contributed by atoms with Crippen LogP contribution < -0.4 is 10.1 Å². The molecule has 1 atom stereocenters. The Morgan fingerprint density at radius 2 is 1.77 bits per heavy atom. The highest BCUT2D eigenvalue weighted by Crippen LogP contribution is 2.60. The number of nitro groups is 1. The van der Waals surface area contributed by atoms with Gasteiger partial charge in [-0.15, -0.1) is 0 Å². The molecule has 0 unspecified atom stereocenters. The van der Waals surface area contributed by atoms with Crippen LogP contribution in [0.25, 0.3) is 0 Å². The van der Waals surface area contributed by atoms with E-state index in [1.165, 1.54) is 45.6 Å². The smallest absolute Gasteiger partial charge is 0.328 e. The minimum Gasteiger partial charge on any atom is -0.490 e. The highest BCUT2D eigenvalue weighted by atomic mass is 16.6. The fourth-order valence-electron chi connectivity index (χ4n) is 6.28. The van der Waals surface area contributed by atoms with Gasteiger partial charge in [0.05, 0.1) is 19.1 Å². The molecule has 162 valence electrons. The predicted molar refractivity (Wildman–Crippen MR) is 108 cm³/mol. The van der Waals surface area contributed by atoms with Crippen LogP contribution in [0.15, 0.2) is 18.2 Å². The maximum atomic E-state index is 13.3. The number of hydrogen-bond acceptors (Lipinski definition) is 6. The first-order valence-corrected chi connectivity index (χ1v) is 10.5. The van der Waals surface area contributed by atoms with E-state index in [2.05, 4.69) is 5.32 Å². The lowest BCUT2D eigenvalue weighted by atomic mass is 9.49. The summed E-state index contributed by atoms with van der Waals surface area (Å²) in [4.78, 5) is 36.6. The van der Waals surface area contributed by atoms with Crippen molar-refractivity contribution >= 4 is 17.6 Å². The van der Waals surface area contributed by atoms with Crippen LogP contribution in [0.2, 0.25) is 0 Å². The van der Waals surface area contributed by atoms with Crippen LogP contribution >= 0.6 is 0 Å². The standard InChI is InChI=1S/C22H28N2O6/c1-29-19-4-3-13(9-18(19)24(27)28)8-17(20(25)30-2)23-21(26)22-10-14-5-15(11-22)7-16(6-14)12-22/h3-4,9,14-17H,5-8,10-12H2,1-2H3,(H,23,26)/t14?,15?,16?,17-,22?/m1/s1. The molecule has 1 N–H and O–H groups in total. The second kappa shape index (κ2) is 7.89. The zero-order valence-corrected chi connectivity index (χ0v) is 17.4. The zero-order chi connectivity index (χ0) is 21.5. The van der Waals surface area contributed by atoms with Gasteiger partial charge in [0, 0.05) is 17.9 Å². The Morgan fingerprint density at radius 3 is 2.27 bits per heavy atom. The van der Waals surface area contributed by atoms with Crippen LogP contribution in [0.4, 0.5) is 5.69 Å². The molecule has 8 heteroatoms. The van der Waals surface area contributed by atoms with Gasteiger partial charge in [0.2, 0.25) is 5.91 Å². The van der Waals surface area contributed by atoms with Gasteiger partial charge in [-0.2, -0.15) is 0 Å². The van der Waals surface area contributed by atoms with E-state index in [1.54, 1.807) is 6.07 Å². The number of hydrogen-bond donors (Lipinski definition) is 1. The Morgan fingerprint density at radius 1 is 1.17 bits per heavy atom. The van der Waals surface area contributed by atoms with Crippen molar-refractivity contribution in [3.05, 3.63) is 33.9 Å². The summed E-state index contributed by atoms with van der Waals surface area (Å²) >= 11 is 0. The molecular weight excluding hydrogens is 388 g/mol. The summed E-state index contributed by atoms with van der Waals surface area (Å²) in [5, 5.41) is 14.2. The molecule has 0 spiro atoms. The van der Waals surface area contributed by atoms with Crippen LogP contribution in [0, 0.1) is 33.3 Å². The number of rotatable bonds is 7. The first-order chi connectivity index (χ1) is 14.3. The van der Waals surface area contributed by atoms with Gasteiger partial charge in [-0.25, -0.2) is 4.79 Å². The van der Waals surface area contributed by atoms with E-state index < -0.39 is 16.9 Å². The summed E-state index contributed by atoms with van der Waals surface area (Å²) in [6, 6.07) is 3.66. The minimum absolute atomic E-state index is 0.0694. The molecular formula is C22H28N2O6. The minimum atomic E-state index is -0.886. The van der Waals surface area contributed by atoms with Crippen molar-refractivity contribution < 1.29 is 24.0 Å². The lowest BCUT2D eigenvalue weighted by Gasteiger charge is -2.55. The van der Waals surface area contributed by atoms with Crippen LogP contribution in [0.3, 0.4) is 0 Å². The van der Waals surface area contributed by atoms with Gasteiger partial charge in [-0.1, -0.05) is 6.07 Å². The van der Waals surface area contributed by atoms with Crippen LogP contribution in [-0.4, -0.2) is 37.1 Å². The SMILES string of the molecule is COC(=O)[C@@H](Cc1ccc(OC)c([N+](=O)[O-])c1)NC(=O)C12CC3CC(CC(C3)C1)C2. The van der Waals surface area contributed by atoms with E-state index in [1.807, 2.05) is 0 Å². The van der Waals surface area contributed by atoms with E-state index in [0.717, 1.165) is 19.3 Å². The quantitative estimate of drug-likeness (QED) is 0.416. The number of methoxy groups -OCH3 is 2. The first-order valence-electron chi connectivity index (χ1n) is 10.5. The number of esters is 1. The van der Waals surface area contributed by atoms with Gasteiger partial charge in [0.1, 0.15) is 6.04 Å². The molecule has 1 amide bonds. The number of ether oxygens (including phenoxy) is 2. The molecule has 0 saturated heterocycles.